The van der Waals surface area contributed by atoms with Gasteiger partial charge >= 0.3 is 6.03 Å². The normalized spacial score (nSPS) is 17.9. The molecule has 5 nitrogen and oxygen atoms in total. The first-order valence-corrected chi connectivity index (χ1v) is 8.15. The molecule has 1 saturated carbocycles. The van der Waals surface area contributed by atoms with Crippen molar-refractivity contribution in [2.45, 2.75) is 44.6 Å². The van der Waals surface area contributed by atoms with E-state index in [9.17, 15) is 9.59 Å². The molecule has 1 aromatic rings. The van der Waals surface area contributed by atoms with Gasteiger partial charge in [0.15, 0.2) is 0 Å². The summed E-state index contributed by atoms with van der Waals surface area (Å²) >= 11 is 0. The molecule has 2 N–H and O–H groups in total. The maximum absolute atomic E-state index is 12.1. The first kappa shape index (κ1) is 14.9. The van der Waals surface area contributed by atoms with Gasteiger partial charge in [0.25, 0.3) is 0 Å². The van der Waals surface area contributed by atoms with Gasteiger partial charge < -0.3 is 10.2 Å². The first-order valence-electron chi connectivity index (χ1n) is 8.15. The summed E-state index contributed by atoms with van der Waals surface area (Å²) in [6.07, 6.45) is 6.43. The Morgan fingerprint density at radius 1 is 1.14 bits per heavy atom. The number of fused-ring (bicyclic) bond motifs is 1. The molecule has 0 radical (unpaired) electrons. The SMILES string of the molecule is O=C(CN1CCCc2ccccc21)NC(=O)NC1CCCC1. The highest BCUT2D eigenvalue weighted by molar-refractivity contribution is 5.96. The minimum Gasteiger partial charge on any atom is -0.362 e. The van der Waals surface area contributed by atoms with Crippen molar-refractivity contribution < 1.29 is 9.59 Å². The van der Waals surface area contributed by atoms with Crippen LogP contribution in [0.4, 0.5) is 10.5 Å². The lowest BCUT2D eigenvalue weighted by molar-refractivity contribution is -0.118. The van der Waals surface area contributed by atoms with E-state index < -0.39 is 0 Å². The fraction of sp³-hybridized carbons (Fsp3) is 0.529. The van der Waals surface area contributed by atoms with Gasteiger partial charge in [-0.15, -0.1) is 0 Å². The number of anilines is 1. The number of rotatable bonds is 3. The van der Waals surface area contributed by atoms with Crippen LogP contribution in [-0.4, -0.2) is 31.1 Å². The minimum atomic E-state index is -0.359. The van der Waals surface area contributed by atoms with Crippen molar-refractivity contribution >= 4 is 17.6 Å². The summed E-state index contributed by atoms with van der Waals surface area (Å²) in [6.45, 7) is 1.09. The molecule has 1 heterocycles. The van der Waals surface area contributed by atoms with Crippen molar-refractivity contribution in [3.05, 3.63) is 29.8 Å². The summed E-state index contributed by atoms with van der Waals surface area (Å²) in [5, 5.41) is 5.33. The van der Waals surface area contributed by atoms with Crippen LogP contribution in [0.5, 0.6) is 0 Å². The van der Waals surface area contributed by atoms with Crippen molar-refractivity contribution in [3.63, 3.8) is 0 Å². The van der Waals surface area contributed by atoms with Crippen molar-refractivity contribution in [3.8, 4) is 0 Å². The number of nitrogens with one attached hydrogen (secondary N) is 2. The van der Waals surface area contributed by atoms with Crippen molar-refractivity contribution in [1.82, 2.24) is 10.6 Å². The number of hydrogen-bond acceptors (Lipinski definition) is 3. The molecule has 22 heavy (non-hydrogen) atoms. The minimum absolute atomic E-state index is 0.225. The summed E-state index contributed by atoms with van der Waals surface area (Å²) in [4.78, 5) is 26.0. The molecule has 1 fully saturated rings. The molecule has 3 amide bonds. The van der Waals surface area contributed by atoms with Gasteiger partial charge in [0, 0.05) is 18.3 Å². The van der Waals surface area contributed by atoms with Gasteiger partial charge in [-0.1, -0.05) is 31.0 Å². The van der Waals surface area contributed by atoms with Crippen LogP contribution in [0.2, 0.25) is 0 Å². The maximum atomic E-state index is 12.1. The lowest BCUT2D eigenvalue weighted by Gasteiger charge is -2.30. The topological polar surface area (TPSA) is 61.4 Å². The highest BCUT2D eigenvalue weighted by atomic mass is 16.2. The zero-order valence-corrected chi connectivity index (χ0v) is 12.8. The highest BCUT2D eigenvalue weighted by Gasteiger charge is 2.21. The molecule has 118 valence electrons. The third kappa shape index (κ3) is 3.59. The lowest BCUT2D eigenvalue weighted by atomic mass is 10.0. The van der Waals surface area contributed by atoms with Crippen LogP contribution < -0.4 is 15.5 Å². The van der Waals surface area contributed by atoms with Crippen LogP contribution in [-0.2, 0) is 11.2 Å². The van der Waals surface area contributed by atoms with Gasteiger partial charge in [-0.25, -0.2) is 4.79 Å². The number of aryl methyl sites for hydroxylation is 1. The molecule has 0 atom stereocenters. The summed E-state index contributed by atoms with van der Waals surface area (Å²) in [6, 6.07) is 8.03. The Kier molecular flexibility index (Phi) is 4.61. The van der Waals surface area contributed by atoms with Crippen LogP contribution in [0, 0.1) is 0 Å². The summed E-state index contributed by atoms with van der Waals surface area (Å²) in [5.74, 6) is -0.243. The van der Waals surface area contributed by atoms with Crippen LogP contribution in [0.25, 0.3) is 0 Å². The first-order chi connectivity index (χ1) is 10.7. The molecular formula is C17H23N3O2. The van der Waals surface area contributed by atoms with E-state index in [1.54, 1.807) is 0 Å². The number of amides is 3. The van der Waals surface area contributed by atoms with E-state index in [4.69, 9.17) is 0 Å². The fourth-order valence-corrected chi connectivity index (χ4v) is 3.41. The molecule has 1 aliphatic carbocycles. The lowest BCUT2D eigenvalue weighted by Crippen LogP contribution is -2.47. The summed E-state index contributed by atoms with van der Waals surface area (Å²) in [5.41, 5.74) is 2.39. The van der Waals surface area contributed by atoms with Gasteiger partial charge in [0.1, 0.15) is 0 Å². The van der Waals surface area contributed by atoms with E-state index in [-0.39, 0.29) is 24.5 Å². The zero-order valence-electron chi connectivity index (χ0n) is 12.8. The van der Waals surface area contributed by atoms with Crippen molar-refractivity contribution in [2.75, 3.05) is 18.0 Å². The number of carbonyl (C=O) groups is 2. The van der Waals surface area contributed by atoms with E-state index in [0.29, 0.717) is 0 Å². The van der Waals surface area contributed by atoms with Gasteiger partial charge in [-0.3, -0.25) is 10.1 Å². The van der Waals surface area contributed by atoms with Gasteiger partial charge in [-0.05, 0) is 37.3 Å². The van der Waals surface area contributed by atoms with Crippen molar-refractivity contribution in [1.29, 1.82) is 0 Å². The second-order valence-electron chi connectivity index (χ2n) is 6.16. The van der Waals surface area contributed by atoms with E-state index in [0.717, 1.165) is 50.8 Å². The number of para-hydroxylation sites is 1. The number of urea groups is 1. The molecule has 1 aromatic carbocycles. The molecule has 2 aliphatic rings. The van der Waals surface area contributed by atoms with Gasteiger partial charge in [0.2, 0.25) is 5.91 Å². The predicted molar refractivity (Wildman–Crippen MR) is 85.9 cm³/mol. The molecule has 0 saturated heterocycles. The van der Waals surface area contributed by atoms with E-state index in [1.807, 2.05) is 18.2 Å². The summed E-state index contributed by atoms with van der Waals surface area (Å²) in [7, 11) is 0. The summed E-state index contributed by atoms with van der Waals surface area (Å²) < 4.78 is 0. The number of nitrogens with zero attached hydrogens (tertiary/aromatic N) is 1. The van der Waals surface area contributed by atoms with Gasteiger partial charge in [-0.2, -0.15) is 0 Å². The van der Waals surface area contributed by atoms with Crippen LogP contribution in [0.3, 0.4) is 0 Å². The zero-order chi connectivity index (χ0) is 15.4. The maximum Gasteiger partial charge on any atom is 0.321 e. The van der Waals surface area contributed by atoms with Crippen LogP contribution >= 0.6 is 0 Å². The van der Waals surface area contributed by atoms with Gasteiger partial charge in [0.05, 0.1) is 6.54 Å². The Morgan fingerprint density at radius 2 is 1.91 bits per heavy atom. The molecule has 0 unspecified atom stereocenters. The number of hydrogen-bond donors (Lipinski definition) is 2. The Bertz CT molecular complexity index is 553. The molecular weight excluding hydrogens is 278 g/mol. The Hall–Kier alpha value is -2.04. The average Bonchev–Trinajstić information content (AvgIpc) is 3.00. The Balaban J connectivity index is 1.52. The number of benzene rings is 1. The second kappa shape index (κ2) is 6.81. The predicted octanol–water partition coefficient (Wildman–Crippen LogP) is 2.21. The average molecular weight is 301 g/mol. The highest BCUT2D eigenvalue weighted by Crippen LogP contribution is 2.26. The molecule has 0 bridgehead atoms. The number of carbonyl (C=O) groups excluding carboxylic acids is 2. The van der Waals surface area contributed by atoms with Crippen LogP contribution in [0.15, 0.2) is 24.3 Å². The Labute approximate surface area is 131 Å². The standard InChI is InChI=1S/C17H23N3O2/c21-16(19-17(22)18-14-8-2-3-9-14)12-20-11-5-7-13-6-1-4-10-15(13)20/h1,4,6,10,14H,2-3,5,7-9,11-12H2,(H2,18,19,21,22). The second-order valence-corrected chi connectivity index (χ2v) is 6.16. The quantitative estimate of drug-likeness (QED) is 0.900. The fourth-order valence-electron chi connectivity index (χ4n) is 3.41. The largest absolute Gasteiger partial charge is 0.362 e. The molecule has 3 rings (SSSR count). The van der Waals surface area contributed by atoms with Crippen molar-refractivity contribution in [2.24, 2.45) is 0 Å². The Morgan fingerprint density at radius 3 is 2.73 bits per heavy atom. The molecule has 5 heteroatoms. The number of imide groups is 1. The molecule has 0 spiro atoms. The third-order valence-corrected chi connectivity index (χ3v) is 4.48. The molecule has 1 aliphatic heterocycles. The van der Waals surface area contributed by atoms with E-state index >= 15 is 0 Å². The van der Waals surface area contributed by atoms with E-state index in [1.165, 1.54) is 5.56 Å². The van der Waals surface area contributed by atoms with Crippen LogP contribution in [0.1, 0.15) is 37.7 Å². The molecule has 0 aromatic heterocycles. The third-order valence-electron chi connectivity index (χ3n) is 4.48. The smallest absolute Gasteiger partial charge is 0.321 e. The monoisotopic (exact) mass is 301 g/mol. The van der Waals surface area contributed by atoms with E-state index in [2.05, 4.69) is 21.6 Å².